The van der Waals surface area contributed by atoms with Crippen molar-refractivity contribution in [1.82, 2.24) is 10.2 Å². The Balaban J connectivity index is 2.56. The molecule has 110 valence electrons. The van der Waals surface area contributed by atoms with Gasteiger partial charge in [-0.3, -0.25) is 9.59 Å². The molecule has 0 unspecified atom stereocenters. The molecule has 5 nitrogen and oxygen atoms in total. The molecule has 1 aromatic rings. The quantitative estimate of drug-likeness (QED) is 0.797. The van der Waals surface area contributed by atoms with Gasteiger partial charge < -0.3 is 15.5 Å². The highest BCUT2D eigenvalue weighted by Gasteiger charge is 2.11. The van der Waals surface area contributed by atoms with Crippen LogP contribution >= 0.6 is 0 Å². The van der Waals surface area contributed by atoms with Crippen molar-refractivity contribution in [2.45, 2.75) is 19.8 Å². The summed E-state index contributed by atoms with van der Waals surface area (Å²) in [4.78, 5) is 25.1. The summed E-state index contributed by atoms with van der Waals surface area (Å²) >= 11 is 0. The highest BCUT2D eigenvalue weighted by molar-refractivity contribution is 5.99. The summed E-state index contributed by atoms with van der Waals surface area (Å²) in [5.74, 6) is -0.154. The Morgan fingerprint density at radius 1 is 1.15 bits per heavy atom. The van der Waals surface area contributed by atoms with Gasteiger partial charge in [-0.25, -0.2) is 0 Å². The Labute approximate surface area is 120 Å². The van der Waals surface area contributed by atoms with Gasteiger partial charge in [0.05, 0.1) is 5.56 Å². The lowest BCUT2D eigenvalue weighted by Crippen LogP contribution is -2.30. The molecular weight excluding hydrogens is 254 g/mol. The number of hydrogen-bond acceptors (Lipinski definition) is 3. The van der Waals surface area contributed by atoms with Gasteiger partial charge in [-0.05, 0) is 18.6 Å². The second-order valence-electron chi connectivity index (χ2n) is 4.77. The molecule has 0 radical (unpaired) electrons. The third kappa shape index (κ3) is 4.91. The zero-order valence-corrected chi connectivity index (χ0v) is 12.4. The molecule has 0 spiro atoms. The monoisotopic (exact) mass is 277 g/mol. The third-order valence-corrected chi connectivity index (χ3v) is 2.86. The normalized spacial score (nSPS) is 9.95. The summed E-state index contributed by atoms with van der Waals surface area (Å²) in [6.07, 6.45) is 1.30. The molecule has 0 bridgehead atoms. The molecule has 0 aliphatic rings. The number of amides is 2. The lowest BCUT2D eigenvalue weighted by molar-refractivity contribution is -0.128. The van der Waals surface area contributed by atoms with Crippen molar-refractivity contribution in [3.63, 3.8) is 0 Å². The van der Waals surface area contributed by atoms with Gasteiger partial charge in [0.25, 0.3) is 5.91 Å². The average molecular weight is 277 g/mol. The van der Waals surface area contributed by atoms with Gasteiger partial charge in [-0.2, -0.15) is 0 Å². The van der Waals surface area contributed by atoms with E-state index in [-0.39, 0.29) is 11.8 Å². The number of hydrogen-bond donors (Lipinski definition) is 2. The van der Waals surface area contributed by atoms with Crippen molar-refractivity contribution < 1.29 is 9.59 Å². The number of nitrogens with one attached hydrogen (secondary N) is 2. The Hall–Kier alpha value is -2.04. The van der Waals surface area contributed by atoms with Crippen LogP contribution in [0, 0.1) is 0 Å². The van der Waals surface area contributed by atoms with Gasteiger partial charge in [0.15, 0.2) is 0 Å². The zero-order valence-electron chi connectivity index (χ0n) is 12.4. The SMILES string of the molecule is CCCNc1ccccc1C(=O)NCCC(=O)N(C)C. The minimum absolute atomic E-state index is 0.00249. The molecule has 0 fully saturated rings. The molecule has 2 amide bonds. The van der Waals surface area contributed by atoms with Crippen LogP contribution in [0.2, 0.25) is 0 Å². The number of anilines is 1. The first-order valence-electron chi connectivity index (χ1n) is 6.87. The fourth-order valence-electron chi connectivity index (χ4n) is 1.70. The first-order valence-corrected chi connectivity index (χ1v) is 6.87. The van der Waals surface area contributed by atoms with Crippen molar-refractivity contribution in [3.8, 4) is 0 Å². The summed E-state index contributed by atoms with van der Waals surface area (Å²) in [6, 6.07) is 7.39. The first-order chi connectivity index (χ1) is 9.56. The highest BCUT2D eigenvalue weighted by Crippen LogP contribution is 2.14. The molecule has 0 heterocycles. The van der Waals surface area contributed by atoms with Crippen LogP contribution in [0.25, 0.3) is 0 Å². The molecular formula is C15H23N3O2. The summed E-state index contributed by atoms with van der Waals surface area (Å²) < 4.78 is 0. The molecule has 0 saturated heterocycles. The largest absolute Gasteiger partial charge is 0.384 e. The number of rotatable bonds is 7. The summed E-state index contributed by atoms with van der Waals surface area (Å²) in [6.45, 7) is 3.24. The van der Waals surface area contributed by atoms with Crippen LogP contribution < -0.4 is 10.6 Å². The van der Waals surface area contributed by atoms with Crippen molar-refractivity contribution in [1.29, 1.82) is 0 Å². The first kappa shape index (κ1) is 16.0. The third-order valence-electron chi connectivity index (χ3n) is 2.86. The standard InChI is InChI=1S/C15H23N3O2/c1-4-10-16-13-8-6-5-7-12(13)15(20)17-11-9-14(19)18(2)3/h5-8,16H,4,9-11H2,1-3H3,(H,17,20). The molecule has 0 aliphatic heterocycles. The Morgan fingerprint density at radius 2 is 1.85 bits per heavy atom. The summed E-state index contributed by atoms with van der Waals surface area (Å²) in [5, 5.41) is 6.00. The van der Waals surface area contributed by atoms with Crippen LogP contribution in [0.5, 0.6) is 0 Å². The van der Waals surface area contributed by atoms with E-state index in [9.17, 15) is 9.59 Å². The maximum absolute atomic E-state index is 12.1. The minimum Gasteiger partial charge on any atom is -0.384 e. The van der Waals surface area contributed by atoms with Crippen LogP contribution in [0.4, 0.5) is 5.69 Å². The summed E-state index contributed by atoms with van der Waals surface area (Å²) in [7, 11) is 3.41. The van der Waals surface area contributed by atoms with E-state index in [1.165, 1.54) is 4.90 Å². The van der Waals surface area contributed by atoms with Gasteiger partial charge in [-0.15, -0.1) is 0 Å². The van der Waals surface area contributed by atoms with Crippen molar-refractivity contribution in [2.75, 3.05) is 32.5 Å². The summed E-state index contributed by atoms with van der Waals surface area (Å²) in [5.41, 5.74) is 1.43. The van der Waals surface area contributed by atoms with E-state index in [2.05, 4.69) is 17.6 Å². The van der Waals surface area contributed by atoms with Gasteiger partial charge in [0, 0.05) is 39.3 Å². The second kappa shape index (κ2) is 8.19. The molecule has 1 aromatic carbocycles. The number of carbonyl (C=O) groups excluding carboxylic acids is 2. The number of carbonyl (C=O) groups is 2. The van der Waals surface area contributed by atoms with E-state index < -0.39 is 0 Å². The lowest BCUT2D eigenvalue weighted by atomic mass is 10.1. The lowest BCUT2D eigenvalue weighted by Gasteiger charge is -2.13. The molecule has 1 rings (SSSR count). The van der Waals surface area contributed by atoms with Crippen LogP contribution in [0.15, 0.2) is 24.3 Å². The van der Waals surface area contributed by atoms with Crippen LogP contribution in [-0.2, 0) is 4.79 Å². The van der Waals surface area contributed by atoms with Crippen molar-refractivity contribution in [2.24, 2.45) is 0 Å². The van der Waals surface area contributed by atoms with Crippen LogP contribution in [0.3, 0.4) is 0 Å². The smallest absolute Gasteiger partial charge is 0.253 e. The van der Waals surface area contributed by atoms with Gasteiger partial charge >= 0.3 is 0 Å². The van der Waals surface area contributed by atoms with Gasteiger partial charge in [0.1, 0.15) is 0 Å². The predicted octanol–water partition coefficient (Wildman–Crippen LogP) is 1.72. The molecule has 5 heteroatoms. The van der Waals surface area contributed by atoms with E-state index in [1.54, 1.807) is 20.2 Å². The molecule has 20 heavy (non-hydrogen) atoms. The van der Waals surface area contributed by atoms with Gasteiger partial charge in [0.2, 0.25) is 5.91 Å². The maximum Gasteiger partial charge on any atom is 0.253 e. The van der Waals surface area contributed by atoms with E-state index in [0.29, 0.717) is 18.5 Å². The second-order valence-corrected chi connectivity index (χ2v) is 4.77. The zero-order chi connectivity index (χ0) is 15.0. The number of benzene rings is 1. The Kier molecular flexibility index (Phi) is 6.56. The Morgan fingerprint density at radius 3 is 2.50 bits per heavy atom. The predicted molar refractivity (Wildman–Crippen MR) is 80.9 cm³/mol. The average Bonchev–Trinajstić information content (AvgIpc) is 2.45. The van der Waals surface area contributed by atoms with E-state index >= 15 is 0 Å². The van der Waals surface area contributed by atoms with Crippen LogP contribution in [-0.4, -0.2) is 43.9 Å². The number of nitrogens with zero attached hydrogens (tertiary/aromatic N) is 1. The van der Waals surface area contributed by atoms with E-state index in [4.69, 9.17) is 0 Å². The van der Waals surface area contributed by atoms with Crippen LogP contribution in [0.1, 0.15) is 30.1 Å². The van der Waals surface area contributed by atoms with E-state index in [1.807, 2.05) is 18.2 Å². The van der Waals surface area contributed by atoms with Gasteiger partial charge in [-0.1, -0.05) is 19.1 Å². The Bertz CT molecular complexity index is 458. The maximum atomic E-state index is 12.1. The molecule has 0 aromatic heterocycles. The number of para-hydroxylation sites is 1. The fraction of sp³-hybridized carbons (Fsp3) is 0.467. The van der Waals surface area contributed by atoms with Crippen molar-refractivity contribution in [3.05, 3.63) is 29.8 Å². The van der Waals surface area contributed by atoms with Crippen molar-refractivity contribution >= 4 is 17.5 Å². The molecule has 2 N–H and O–H groups in total. The fourth-order valence-corrected chi connectivity index (χ4v) is 1.70. The minimum atomic E-state index is -0.157. The van der Waals surface area contributed by atoms with E-state index in [0.717, 1.165) is 18.7 Å². The highest BCUT2D eigenvalue weighted by atomic mass is 16.2. The molecule has 0 saturated carbocycles. The topological polar surface area (TPSA) is 61.4 Å². The molecule has 0 aliphatic carbocycles. The molecule has 0 atom stereocenters.